The second-order valence-electron chi connectivity index (χ2n) is 5.49. The van der Waals surface area contributed by atoms with Crippen molar-refractivity contribution in [2.75, 3.05) is 6.66 Å². The smallest absolute Gasteiger partial charge is 0.0741 e. The summed E-state index contributed by atoms with van der Waals surface area (Å²) in [6.45, 7) is 5.44. The fourth-order valence-electron chi connectivity index (χ4n) is 2.23. The maximum absolute atomic E-state index is 11.0. The van der Waals surface area contributed by atoms with Crippen LogP contribution in [-0.4, -0.2) is 12.7 Å². The summed E-state index contributed by atoms with van der Waals surface area (Å²) in [6.07, 6.45) is 12.7. The first-order valence-corrected chi connectivity index (χ1v) is 9.59. The van der Waals surface area contributed by atoms with Gasteiger partial charge in [0.15, 0.2) is 0 Å². The molecule has 0 saturated carbocycles. The van der Waals surface area contributed by atoms with Crippen molar-refractivity contribution in [1.82, 2.24) is 5.09 Å². The van der Waals surface area contributed by atoms with Gasteiger partial charge < -0.3 is 9.46 Å². The molecule has 0 spiro atoms. The van der Waals surface area contributed by atoms with Crippen molar-refractivity contribution in [3.8, 4) is 0 Å². The van der Waals surface area contributed by atoms with E-state index in [0.717, 1.165) is 12.8 Å². The van der Waals surface area contributed by atoms with Crippen LogP contribution < -0.4 is 9.98 Å². The molecule has 3 nitrogen and oxygen atoms in total. The quantitative estimate of drug-likeness (QED) is 0.432. The van der Waals surface area contributed by atoms with Crippen LogP contribution in [0.15, 0.2) is 0 Å². The summed E-state index contributed by atoms with van der Waals surface area (Å²) in [7, 11) is -3.30. The Kier molecular flexibility index (Phi) is 11.1. The number of unbranched alkanes of at least 4 members (excludes halogenated alkanes) is 8. The molecule has 0 radical (unpaired) electrons. The fraction of sp³-hybridized carbons (Fsp3) is 1.00. The molecule has 4 heteroatoms. The van der Waals surface area contributed by atoms with Gasteiger partial charge in [-0.1, -0.05) is 64.7 Å². The van der Waals surface area contributed by atoms with E-state index < -0.39 is 7.52 Å². The molecule has 0 aromatic carbocycles. The average molecular weight is 276 g/mol. The summed E-state index contributed by atoms with van der Waals surface area (Å²) < 4.78 is 11.0. The summed E-state index contributed by atoms with van der Waals surface area (Å²) in [4.78, 5) is 11.0. The lowest BCUT2D eigenvalue weighted by Gasteiger charge is -2.24. The highest BCUT2D eigenvalue weighted by molar-refractivity contribution is 7.53. The summed E-state index contributed by atoms with van der Waals surface area (Å²) in [5, 5.41) is 2.64. The first kappa shape index (κ1) is 18.1. The van der Waals surface area contributed by atoms with Crippen LogP contribution in [0.3, 0.4) is 0 Å². The zero-order chi connectivity index (χ0) is 13.9. The van der Waals surface area contributed by atoms with E-state index in [0.29, 0.717) is 0 Å². The molecule has 110 valence electrons. The lowest BCUT2D eigenvalue weighted by molar-refractivity contribution is -0.177. The third-order valence-corrected chi connectivity index (χ3v) is 4.11. The van der Waals surface area contributed by atoms with Gasteiger partial charge in [0.25, 0.3) is 0 Å². The molecule has 0 aliphatic heterocycles. The fourth-order valence-corrected chi connectivity index (χ4v) is 3.16. The minimum atomic E-state index is -3.30. The van der Waals surface area contributed by atoms with E-state index in [-0.39, 0.29) is 6.04 Å². The Bertz CT molecular complexity index is 228. The first-order chi connectivity index (χ1) is 8.45. The van der Waals surface area contributed by atoms with Crippen molar-refractivity contribution in [2.45, 2.75) is 84.1 Å². The Morgan fingerprint density at radius 1 is 1.00 bits per heavy atom. The van der Waals surface area contributed by atoms with Gasteiger partial charge >= 0.3 is 0 Å². The molecule has 0 fully saturated rings. The van der Waals surface area contributed by atoms with Crippen molar-refractivity contribution in [3.05, 3.63) is 0 Å². The maximum atomic E-state index is 11.0. The summed E-state index contributed by atoms with van der Waals surface area (Å²) in [5.74, 6) is 0. The standard InChI is InChI=1S/C14H32NO2P/c1-4-5-6-7-8-9-10-11-12-13-14(2)15-18(3,16)17/h14H,4-13H2,1-3H3,(H2,15,16,17)/p-1. The van der Waals surface area contributed by atoms with E-state index >= 15 is 0 Å². The van der Waals surface area contributed by atoms with Crippen LogP contribution in [0.4, 0.5) is 0 Å². The van der Waals surface area contributed by atoms with E-state index in [4.69, 9.17) is 0 Å². The zero-order valence-electron chi connectivity index (χ0n) is 12.4. The largest absolute Gasteiger partial charge is 0.788 e. The van der Waals surface area contributed by atoms with Crippen molar-refractivity contribution >= 4 is 7.52 Å². The average Bonchev–Trinajstić information content (AvgIpc) is 2.24. The predicted molar refractivity (Wildman–Crippen MR) is 78.0 cm³/mol. The van der Waals surface area contributed by atoms with Gasteiger partial charge in [-0.05, 0) is 20.0 Å². The normalized spacial score (nSPS) is 16.4. The van der Waals surface area contributed by atoms with Crippen molar-refractivity contribution in [3.63, 3.8) is 0 Å². The number of rotatable bonds is 12. The molecule has 0 rings (SSSR count). The van der Waals surface area contributed by atoms with Gasteiger partial charge in [-0.25, -0.2) is 0 Å². The third kappa shape index (κ3) is 14.2. The summed E-state index contributed by atoms with van der Waals surface area (Å²) >= 11 is 0. The molecule has 0 aliphatic rings. The van der Waals surface area contributed by atoms with E-state index in [9.17, 15) is 9.46 Å². The third-order valence-electron chi connectivity index (χ3n) is 3.20. The first-order valence-electron chi connectivity index (χ1n) is 7.52. The van der Waals surface area contributed by atoms with Gasteiger partial charge in [-0.2, -0.15) is 0 Å². The van der Waals surface area contributed by atoms with E-state index in [1.807, 2.05) is 6.92 Å². The molecule has 0 aromatic heterocycles. The Morgan fingerprint density at radius 2 is 1.44 bits per heavy atom. The predicted octanol–water partition coefficient (Wildman–Crippen LogP) is 4.07. The number of nitrogens with one attached hydrogen (secondary N) is 1. The molecule has 18 heavy (non-hydrogen) atoms. The minimum absolute atomic E-state index is 0.0860. The molecule has 2 atom stereocenters. The topological polar surface area (TPSA) is 52.2 Å². The molecule has 0 aromatic rings. The molecule has 0 heterocycles. The van der Waals surface area contributed by atoms with Crippen LogP contribution in [0.25, 0.3) is 0 Å². The molecule has 1 N–H and O–H groups in total. The number of hydrogen-bond acceptors (Lipinski definition) is 2. The minimum Gasteiger partial charge on any atom is -0.788 e. The van der Waals surface area contributed by atoms with Crippen molar-refractivity contribution < 1.29 is 9.46 Å². The monoisotopic (exact) mass is 276 g/mol. The van der Waals surface area contributed by atoms with Gasteiger partial charge in [0.1, 0.15) is 0 Å². The molecule has 0 bridgehead atoms. The molecule has 0 aliphatic carbocycles. The van der Waals surface area contributed by atoms with Crippen LogP contribution in [-0.2, 0) is 4.57 Å². The molecule has 0 amide bonds. The van der Waals surface area contributed by atoms with Gasteiger partial charge in [-0.3, -0.25) is 5.09 Å². The molecule has 2 unspecified atom stereocenters. The van der Waals surface area contributed by atoms with E-state index in [1.54, 1.807) is 0 Å². The maximum Gasteiger partial charge on any atom is 0.0741 e. The Hall–Kier alpha value is 0.150. The van der Waals surface area contributed by atoms with Crippen molar-refractivity contribution in [2.24, 2.45) is 0 Å². The summed E-state index contributed by atoms with van der Waals surface area (Å²) in [6, 6.07) is 0.0860. The SMILES string of the molecule is CCCCCCCCCCCC(C)NP(C)(=O)[O-]. The van der Waals surface area contributed by atoms with Crippen LogP contribution >= 0.6 is 7.52 Å². The van der Waals surface area contributed by atoms with E-state index in [1.165, 1.54) is 58.0 Å². The second-order valence-corrected chi connectivity index (χ2v) is 7.44. The lowest BCUT2D eigenvalue weighted by Crippen LogP contribution is -2.27. The van der Waals surface area contributed by atoms with Gasteiger partial charge in [-0.15, -0.1) is 0 Å². The lowest BCUT2D eigenvalue weighted by atomic mass is 10.1. The summed E-state index contributed by atoms with van der Waals surface area (Å²) in [5.41, 5.74) is 0. The zero-order valence-corrected chi connectivity index (χ0v) is 13.3. The van der Waals surface area contributed by atoms with Gasteiger partial charge in [0.2, 0.25) is 0 Å². The Balaban J connectivity index is 3.22. The molecular formula is C14H31NO2P-. The number of hydrogen-bond donors (Lipinski definition) is 1. The Labute approximate surface area is 113 Å². The molecule has 0 saturated heterocycles. The van der Waals surface area contributed by atoms with Crippen LogP contribution in [0.2, 0.25) is 0 Å². The van der Waals surface area contributed by atoms with Gasteiger partial charge in [0.05, 0.1) is 7.52 Å². The molecular weight excluding hydrogens is 245 g/mol. The van der Waals surface area contributed by atoms with Crippen molar-refractivity contribution in [1.29, 1.82) is 0 Å². The van der Waals surface area contributed by atoms with Crippen LogP contribution in [0.5, 0.6) is 0 Å². The highest BCUT2D eigenvalue weighted by Crippen LogP contribution is 2.25. The highest BCUT2D eigenvalue weighted by atomic mass is 31.2. The second kappa shape index (κ2) is 11.0. The van der Waals surface area contributed by atoms with E-state index in [2.05, 4.69) is 12.0 Å². The Morgan fingerprint density at radius 3 is 1.89 bits per heavy atom. The van der Waals surface area contributed by atoms with Gasteiger partial charge in [0, 0.05) is 6.04 Å². The highest BCUT2D eigenvalue weighted by Gasteiger charge is 2.05. The van der Waals surface area contributed by atoms with Crippen LogP contribution in [0, 0.1) is 0 Å². The van der Waals surface area contributed by atoms with Crippen LogP contribution in [0.1, 0.15) is 78.1 Å².